The topological polar surface area (TPSA) is 58.2 Å². The van der Waals surface area contributed by atoms with Gasteiger partial charge in [-0.1, -0.05) is 121 Å². The van der Waals surface area contributed by atoms with Gasteiger partial charge < -0.3 is 10.6 Å². The second-order valence-electron chi connectivity index (χ2n) is 10.4. The summed E-state index contributed by atoms with van der Waals surface area (Å²) in [7, 11) is -3.86. The first kappa shape index (κ1) is 28.0. The molecule has 0 bridgehead atoms. The summed E-state index contributed by atoms with van der Waals surface area (Å²) in [5, 5.41) is 5.04. The molecule has 6 aromatic rings. The zero-order valence-electron chi connectivity index (χ0n) is 23.5. The molecule has 0 aromatic heterocycles. The van der Waals surface area contributed by atoms with Gasteiger partial charge in [0.15, 0.2) is 9.84 Å². The summed E-state index contributed by atoms with van der Waals surface area (Å²) in [6, 6.07) is 54.2. The number of nitrogens with one attached hydrogen (secondary N) is 2. The predicted octanol–water partition coefficient (Wildman–Crippen LogP) is 9.47. The Balaban J connectivity index is 1.40. The molecule has 2 N–H and O–H groups in total. The van der Waals surface area contributed by atoms with Crippen LogP contribution in [0.25, 0.3) is 0 Å². The average molecular weight is 581 g/mol. The molecule has 0 fully saturated rings. The number of rotatable bonds is 10. The zero-order chi connectivity index (χ0) is 29.5. The highest BCUT2D eigenvalue weighted by atomic mass is 32.2. The number of sulfone groups is 1. The van der Waals surface area contributed by atoms with Crippen LogP contribution < -0.4 is 10.6 Å². The fourth-order valence-corrected chi connectivity index (χ4v) is 7.81. The van der Waals surface area contributed by atoms with Crippen molar-refractivity contribution >= 4 is 32.6 Å². The number of anilines is 4. The highest BCUT2D eigenvalue weighted by Crippen LogP contribution is 2.42. The molecule has 0 radical (unpaired) electrons. The van der Waals surface area contributed by atoms with Gasteiger partial charge in [0.2, 0.25) is 0 Å². The Hall–Kier alpha value is -5.13. The standard InChI is InChI=1S/C38H32N2O2S/c41-43(42,37(29-13-5-1-6-14-29)31-21-25-35(26-22-31)39-33-17-9-3-10-18-33)38(30-15-7-2-8-16-30)32-23-27-36(28-24-32)40-34-19-11-4-12-20-34/h1-28,37-40H. The maximum atomic E-state index is 15.0. The van der Waals surface area contributed by atoms with Crippen molar-refractivity contribution in [1.82, 2.24) is 0 Å². The molecule has 212 valence electrons. The largest absolute Gasteiger partial charge is 0.356 e. The zero-order valence-corrected chi connectivity index (χ0v) is 24.4. The van der Waals surface area contributed by atoms with Crippen LogP contribution in [-0.4, -0.2) is 8.42 Å². The quantitative estimate of drug-likeness (QED) is 0.169. The van der Waals surface area contributed by atoms with Gasteiger partial charge >= 0.3 is 0 Å². The van der Waals surface area contributed by atoms with Crippen molar-refractivity contribution in [1.29, 1.82) is 0 Å². The lowest BCUT2D eigenvalue weighted by Gasteiger charge is -2.26. The predicted molar refractivity (Wildman–Crippen MR) is 178 cm³/mol. The van der Waals surface area contributed by atoms with E-state index in [9.17, 15) is 8.42 Å². The van der Waals surface area contributed by atoms with Crippen molar-refractivity contribution in [2.75, 3.05) is 10.6 Å². The van der Waals surface area contributed by atoms with Crippen molar-refractivity contribution in [3.63, 3.8) is 0 Å². The second-order valence-corrected chi connectivity index (χ2v) is 12.5. The van der Waals surface area contributed by atoms with E-state index in [0.717, 1.165) is 33.9 Å². The lowest BCUT2D eigenvalue weighted by atomic mass is 10.0. The van der Waals surface area contributed by atoms with Crippen LogP contribution in [0, 0.1) is 0 Å². The van der Waals surface area contributed by atoms with Crippen molar-refractivity contribution in [2.45, 2.75) is 10.5 Å². The van der Waals surface area contributed by atoms with Gasteiger partial charge in [0.05, 0.1) is 0 Å². The molecule has 6 rings (SSSR count). The van der Waals surface area contributed by atoms with Crippen molar-refractivity contribution < 1.29 is 8.42 Å². The minimum absolute atomic E-state index is 0.716. The van der Waals surface area contributed by atoms with E-state index in [2.05, 4.69) is 10.6 Å². The molecular weight excluding hydrogens is 548 g/mol. The van der Waals surface area contributed by atoms with Crippen LogP contribution in [0.15, 0.2) is 170 Å². The SMILES string of the molecule is O=S(=O)(C(c1ccccc1)c1ccc(Nc2ccccc2)cc1)C(c1ccccc1)c1ccc(Nc2ccccc2)cc1. The number of benzene rings is 6. The van der Waals surface area contributed by atoms with Crippen LogP contribution in [0.4, 0.5) is 22.7 Å². The molecule has 2 atom stereocenters. The Morgan fingerprint density at radius 2 is 0.581 bits per heavy atom. The van der Waals surface area contributed by atoms with E-state index in [4.69, 9.17) is 0 Å². The maximum absolute atomic E-state index is 15.0. The van der Waals surface area contributed by atoms with Gasteiger partial charge in [0.25, 0.3) is 0 Å². The van der Waals surface area contributed by atoms with Gasteiger partial charge in [-0.25, -0.2) is 8.42 Å². The summed E-state index contributed by atoms with van der Waals surface area (Å²) in [6.07, 6.45) is 0. The second kappa shape index (κ2) is 12.8. The van der Waals surface area contributed by atoms with E-state index in [1.54, 1.807) is 0 Å². The van der Waals surface area contributed by atoms with Crippen LogP contribution in [0.1, 0.15) is 32.8 Å². The first-order valence-electron chi connectivity index (χ1n) is 14.2. The number of hydrogen-bond donors (Lipinski definition) is 2. The Bertz CT molecular complexity index is 1710. The van der Waals surface area contributed by atoms with Crippen LogP contribution in [0.2, 0.25) is 0 Å². The molecule has 0 spiro atoms. The summed E-state index contributed by atoms with van der Waals surface area (Å²) in [5.74, 6) is 0. The highest BCUT2D eigenvalue weighted by molar-refractivity contribution is 7.92. The molecular formula is C38H32N2O2S. The number of hydrogen-bond acceptors (Lipinski definition) is 4. The van der Waals surface area contributed by atoms with Crippen LogP contribution in [-0.2, 0) is 9.84 Å². The summed E-state index contributed by atoms with van der Waals surface area (Å²) >= 11 is 0. The van der Waals surface area contributed by atoms with Gasteiger partial charge in [-0.05, 0) is 70.8 Å². The summed E-state index contributed by atoms with van der Waals surface area (Å²) in [5.41, 5.74) is 6.61. The van der Waals surface area contributed by atoms with E-state index >= 15 is 0 Å². The smallest absolute Gasteiger partial charge is 0.172 e. The minimum Gasteiger partial charge on any atom is -0.356 e. The Kier molecular flexibility index (Phi) is 8.34. The molecule has 43 heavy (non-hydrogen) atoms. The van der Waals surface area contributed by atoms with Crippen LogP contribution in [0.3, 0.4) is 0 Å². The molecule has 0 amide bonds. The van der Waals surface area contributed by atoms with Gasteiger partial charge in [-0.15, -0.1) is 0 Å². The summed E-state index contributed by atoms with van der Waals surface area (Å²) in [4.78, 5) is 0. The van der Waals surface area contributed by atoms with E-state index < -0.39 is 20.3 Å². The molecule has 2 unspecified atom stereocenters. The monoisotopic (exact) mass is 580 g/mol. The van der Waals surface area contributed by atoms with E-state index in [-0.39, 0.29) is 0 Å². The van der Waals surface area contributed by atoms with Crippen molar-refractivity contribution in [3.8, 4) is 0 Å². The molecule has 6 aromatic carbocycles. The van der Waals surface area contributed by atoms with Gasteiger partial charge in [0, 0.05) is 22.7 Å². The lowest BCUT2D eigenvalue weighted by Crippen LogP contribution is -2.23. The Labute approximate surface area is 253 Å². The van der Waals surface area contributed by atoms with Crippen LogP contribution in [0.5, 0.6) is 0 Å². The molecule has 0 saturated carbocycles. The minimum atomic E-state index is -3.86. The summed E-state index contributed by atoms with van der Waals surface area (Å²) < 4.78 is 29.9. The first-order chi connectivity index (χ1) is 21.1. The van der Waals surface area contributed by atoms with E-state index in [0.29, 0.717) is 11.1 Å². The molecule has 0 saturated heterocycles. The van der Waals surface area contributed by atoms with E-state index in [1.807, 2.05) is 170 Å². The third kappa shape index (κ3) is 6.53. The molecule has 5 heteroatoms. The third-order valence-corrected chi connectivity index (χ3v) is 9.82. The fourth-order valence-electron chi connectivity index (χ4n) is 5.39. The lowest BCUT2D eigenvalue weighted by molar-refractivity contribution is 0.582. The molecule has 0 heterocycles. The normalized spacial score (nSPS) is 12.7. The van der Waals surface area contributed by atoms with E-state index in [1.165, 1.54) is 0 Å². The third-order valence-electron chi connectivity index (χ3n) is 7.41. The fraction of sp³-hybridized carbons (Fsp3) is 0.0526. The Morgan fingerprint density at radius 1 is 0.326 bits per heavy atom. The molecule has 0 aliphatic carbocycles. The van der Waals surface area contributed by atoms with Crippen LogP contribution >= 0.6 is 0 Å². The van der Waals surface area contributed by atoms with Crippen molar-refractivity contribution in [2.24, 2.45) is 0 Å². The van der Waals surface area contributed by atoms with Gasteiger partial charge in [-0.3, -0.25) is 0 Å². The first-order valence-corrected chi connectivity index (χ1v) is 15.9. The molecule has 0 aliphatic rings. The van der Waals surface area contributed by atoms with Gasteiger partial charge in [0.1, 0.15) is 10.5 Å². The Morgan fingerprint density at radius 3 is 0.907 bits per heavy atom. The molecule has 0 aliphatic heterocycles. The highest BCUT2D eigenvalue weighted by Gasteiger charge is 2.38. The van der Waals surface area contributed by atoms with Gasteiger partial charge in [-0.2, -0.15) is 0 Å². The molecule has 4 nitrogen and oxygen atoms in total. The summed E-state index contributed by atoms with van der Waals surface area (Å²) in [6.45, 7) is 0. The maximum Gasteiger partial charge on any atom is 0.172 e. The number of para-hydroxylation sites is 2. The average Bonchev–Trinajstić information content (AvgIpc) is 3.05. The van der Waals surface area contributed by atoms with Crippen molar-refractivity contribution in [3.05, 3.63) is 192 Å².